The fourth-order valence-electron chi connectivity index (χ4n) is 1.22. The van der Waals surface area contributed by atoms with E-state index in [9.17, 15) is 0 Å². The molecule has 0 aromatic heterocycles. The molecule has 1 aliphatic rings. The highest BCUT2D eigenvalue weighted by atomic mass is 15.1. The van der Waals surface area contributed by atoms with E-state index in [1.54, 1.807) is 6.08 Å². The van der Waals surface area contributed by atoms with Gasteiger partial charge >= 0.3 is 0 Å². The van der Waals surface area contributed by atoms with E-state index >= 15 is 0 Å². The Morgan fingerprint density at radius 2 is 2.10 bits per heavy atom. The third-order valence-corrected chi connectivity index (χ3v) is 1.75. The summed E-state index contributed by atoms with van der Waals surface area (Å²) >= 11 is 0. The highest BCUT2D eigenvalue weighted by Gasteiger charge is 2.08. The Hall–Kier alpha value is -0.810. The van der Waals surface area contributed by atoms with Gasteiger partial charge in [0.05, 0.1) is 6.07 Å². The third-order valence-electron chi connectivity index (χ3n) is 1.75. The van der Waals surface area contributed by atoms with Gasteiger partial charge in [-0.1, -0.05) is 6.08 Å². The summed E-state index contributed by atoms with van der Waals surface area (Å²) in [5, 5.41) is 8.18. The molecular formula is C8H12N2. The number of hydrogen-bond donors (Lipinski definition) is 0. The van der Waals surface area contributed by atoms with E-state index in [1.807, 2.05) is 12.1 Å². The summed E-state index contributed by atoms with van der Waals surface area (Å²) in [6, 6.07) is 1.98. The van der Waals surface area contributed by atoms with Gasteiger partial charge in [-0.15, -0.1) is 0 Å². The number of nitriles is 1. The lowest BCUT2D eigenvalue weighted by atomic mass is 10.4. The van der Waals surface area contributed by atoms with Crippen LogP contribution >= 0.6 is 0 Å². The predicted molar refractivity (Wildman–Crippen MR) is 40.4 cm³/mol. The van der Waals surface area contributed by atoms with Crippen LogP contribution in [0.2, 0.25) is 0 Å². The zero-order chi connectivity index (χ0) is 7.23. The maximum atomic E-state index is 8.18. The maximum Gasteiger partial charge on any atom is 0.0909 e. The van der Waals surface area contributed by atoms with Gasteiger partial charge < -0.3 is 0 Å². The first-order valence-corrected chi connectivity index (χ1v) is 3.70. The number of hydrogen-bond acceptors (Lipinski definition) is 2. The first-order valence-electron chi connectivity index (χ1n) is 3.70. The van der Waals surface area contributed by atoms with Crippen molar-refractivity contribution in [2.24, 2.45) is 0 Å². The Morgan fingerprint density at radius 3 is 2.70 bits per heavy atom. The summed E-state index contributed by atoms with van der Waals surface area (Å²) in [5.74, 6) is 0. The SMILES string of the molecule is N#CC=CCN1CCCC1. The van der Waals surface area contributed by atoms with E-state index in [2.05, 4.69) is 4.90 Å². The molecule has 1 fully saturated rings. The summed E-state index contributed by atoms with van der Waals surface area (Å²) in [7, 11) is 0. The molecule has 0 atom stereocenters. The second kappa shape index (κ2) is 4.08. The molecule has 1 heterocycles. The van der Waals surface area contributed by atoms with Crippen molar-refractivity contribution in [3.05, 3.63) is 12.2 Å². The van der Waals surface area contributed by atoms with Gasteiger partial charge in [0.25, 0.3) is 0 Å². The van der Waals surface area contributed by atoms with Crippen LogP contribution in [0.4, 0.5) is 0 Å². The van der Waals surface area contributed by atoms with Gasteiger partial charge in [-0.25, -0.2) is 0 Å². The third kappa shape index (κ3) is 2.20. The molecule has 0 unspecified atom stereocenters. The summed E-state index contributed by atoms with van der Waals surface area (Å²) < 4.78 is 0. The van der Waals surface area contributed by atoms with Gasteiger partial charge in [-0.05, 0) is 25.9 Å². The van der Waals surface area contributed by atoms with Gasteiger partial charge in [0.15, 0.2) is 0 Å². The van der Waals surface area contributed by atoms with Crippen LogP contribution in [-0.2, 0) is 0 Å². The van der Waals surface area contributed by atoms with Crippen LogP contribution in [0.25, 0.3) is 0 Å². The van der Waals surface area contributed by atoms with E-state index in [-0.39, 0.29) is 0 Å². The summed E-state index contributed by atoms with van der Waals surface area (Å²) in [4.78, 5) is 2.36. The summed E-state index contributed by atoms with van der Waals surface area (Å²) in [6.45, 7) is 3.36. The second-order valence-electron chi connectivity index (χ2n) is 2.54. The van der Waals surface area contributed by atoms with Crippen molar-refractivity contribution in [2.75, 3.05) is 19.6 Å². The Morgan fingerprint density at radius 1 is 1.40 bits per heavy atom. The van der Waals surface area contributed by atoms with Crippen LogP contribution < -0.4 is 0 Å². The molecule has 10 heavy (non-hydrogen) atoms. The van der Waals surface area contributed by atoms with Crippen molar-refractivity contribution < 1.29 is 0 Å². The lowest BCUT2D eigenvalue weighted by Crippen LogP contribution is -2.18. The monoisotopic (exact) mass is 136 g/mol. The first kappa shape index (κ1) is 7.30. The average Bonchev–Trinajstić information content (AvgIpc) is 2.41. The topological polar surface area (TPSA) is 27.0 Å². The van der Waals surface area contributed by atoms with E-state index < -0.39 is 0 Å². The standard InChI is InChI=1S/C8H12N2/c9-5-1-2-6-10-7-3-4-8-10/h1-2H,3-4,6-8H2. The van der Waals surface area contributed by atoms with Crippen molar-refractivity contribution in [1.29, 1.82) is 5.26 Å². The van der Waals surface area contributed by atoms with Crippen molar-refractivity contribution in [2.45, 2.75) is 12.8 Å². The van der Waals surface area contributed by atoms with Crippen LogP contribution in [0.5, 0.6) is 0 Å². The van der Waals surface area contributed by atoms with Crippen molar-refractivity contribution in [3.8, 4) is 6.07 Å². The van der Waals surface area contributed by atoms with Gasteiger partial charge in [0, 0.05) is 12.6 Å². The number of rotatable bonds is 2. The van der Waals surface area contributed by atoms with Crippen molar-refractivity contribution in [1.82, 2.24) is 4.90 Å². The van der Waals surface area contributed by atoms with Crippen molar-refractivity contribution >= 4 is 0 Å². The van der Waals surface area contributed by atoms with Gasteiger partial charge in [0.1, 0.15) is 0 Å². The zero-order valence-electron chi connectivity index (χ0n) is 6.08. The fraction of sp³-hybridized carbons (Fsp3) is 0.625. The smallest absolute Gasteiger partial charge is 0.0909 e. The molecule has 1 saturated heterocycles. The highest BCUT2D eigenvalue weighted by molar-refractivity contribution is 5.02. The minimum absolute atomic E-state index is 0.952. The molecule has 2 nitrogen and oxygen atoms in total. The van der Waals surface area contributed by atoms with Crippen LogP contribution in [-0.4, -0.2) is 24.5 Å². The Labute approximate surface area is 61.8 Å². The molecule has 0 N–H and O–H groups in total. The Balaban J connectivity index is 2.13. The van der Waals surface area contributed by atoms with Gasteiger partial charge in [-0.3, -0.25) is 4.90 Å². The minimum atomic E-state index is 0.952. The molecule has 0 spiro atoms. The van der Waals surface area contributed by atoms with E-state index in [0.29, 0.717) is 0 Å². The fourth-order valence-corrected chi connectivity index (χ4v) is 1.22. The van der Waals surface area contributed by atoms with Crippen LogP contribution in [0, 0.1) is 11.3 Å². The zero-order valence-corrected chi connectivity index (χ0v) is 6.08. The second-order valence-corrected chi connectivity index (χ2v) is 2.54. The molecule has 0 aliphatic carbocycles. The lowest BCUT2D eigenvalue weighted by Gasteiger charge is -2.09. The summed E-state index contributed by atoms with van der Waals surface area (Å²) in [6.07, 6.45) is 6.12. The van der Waals surface area contributed by atoms with Crippen LogP contribution in [0.15, 0.2) is 12.2 Å². The molecule has 0 aromatic carbocycles. The molecule has 1 aliphatic heterocycles. The first-order chi connectivity index (χ1) is 4.93. The van der Waals surface area contributed by atoms with E-state index in [4.69, 9.17) is 5.26 Å². The Bertz CT molecular complexity index is 149. The van der Waals surface area contributed by atoms with E-state index in [1.165, 1.54) is 25.9 Å². The maximum absolute atomic E-state index is 8.18. The normalized spacial score (nSPS) is 19.9. The number of allylic oxidation sites excluding steroid dienone is 1. The average molecular weight is 136 g/mol. The van der Waals surface area contributed by atoms with Gasteiger partial charge in [-0.2, -0.15) is 5.26 Å². The predicted octanol–water partition coefficient (Wildman–Crippen LogP) is 1.16. The molecule has 0 amide bonds. The van der Waals surface area contributed by atoms with E-state index in [0.717, 1.165) is 6.54 Å². The molecule has 2 heteroatoms. The lowest BCUT2D eigenvalue weighted by molar-refractivity contribution is 0.377. The molecule has 0 radical (unpaired) electrons. The highest BCUT2D eigenvalue weighted by Crippen LogP contribution is 2.05. The van der Waals surface area contributed by atoms with Gasteiger partial charge in [0.2, 0.25) is 0 Å². The van der Waals surface area contributed by atoms with Crippen LogP contribution in [0.3, 0.4) is 0 Å². The molecule has 0 bridgehead atoms. The van der Waals surface area contributed by atoms with Crippen molar-refractivity contribution in [3.63, 3.8) is 0 Å². The molecular weight excluding hydrogens is 124 g/mol. The quantitative estimate of drug-likeness (QED) is 0.533. The molecule has 1 rings (SSSR count). The minimum Gasteiger partial charge on any atom is -0.300 e. The van der Waals surface area contributed by atoms with Crippen LogP contribution in [0.1, 0.15) is 12.8 Å². The number of nitrogens with zero attached hydrogens (tertiary/aromatic N) is 2. The molecule has 0 aromatic rings. The summed E-state index contributed by atoms with van der Waals surface area (Å²) in [5.41, 5.74) is 0. The Kier molecular flexibility index (Phi) is 2.98. The molecule has 54 valence electrons. The molecule has 0 saturated carbocycles. The number of likely N-dealkylation sites (tertiary alicyclic amines) is 1. The largest absolute Gasteiger partial charge is 0.300 e.